The highest BCUT2D eigenvalue weighted by molar-refractivity contribution is 7.80. The molecule has 0 aliphatic carbocycles. The van der Waals surface area contributed by atoms with E-state index in [4.69, 9.17) is 0 Å². The third-order valence-corrected chi connectivity index (χ3v) is 5.64. The van der Waals surface area contributed by atoms with E-state index < -0.39 is 7.92 Å². The molecule has 0 aliphatic heterocycles. The first kappa shape index (κ1) is 12.9. The average Bonchev–Trinajstić information content (AvgIpc) is 2.52. The maximum atomic E-state index is 10.2. The molecule has 0 unspecified atom stereocenters. The molecule has 0 aliphatic rings. The Morgan fingerprint density at radius 1 is 0.550 bits per heavy atom. The van der Waals surface area contributed by atoms with Gasteiger partial charge in [-0.2, -0.15) is 0 Å². The Balaban J connectivity index is 2.17. The van der Waals surface area contributed by atoms with Crippen molar-refractivity contribution in [3.63, 3.8) is 0 Å². The van der Waals surface area contributed by atoms with E-state index in [1.54, 1.807) is 6.07 Å². The fraction of sp³-hybridized carbons (Fsp3) is 0. The van der Waals surface area contributed by atoms with Gasteiger partial charge in [0.15, 0.2) is 0 Å². The Bertz CT molecular complexity index is 641. The van der Waals surface area contributed by atoms with Crippen LogP contribution in [0.5, 0.6) is 5.75 Å². The highest BCUT2D eigenvalue weighted by atomic mass is 31.1. The van der Waals surface area contributed by atoms with Gasteiger partial charge in [0.25, 0.3) is 0 Å². The minimum Gasteiger partial charge on any atom is -0.507 e. The number of hydrogen-bond acceptors (Lipinski definition) is 1. The fourth-order valence-corrected chi connectivity index (χ4v) is 4.57. The van der Waals surface area contributed by atoms with Gasteiger partial charge >= 0.3 is 0 Å². The van der Waals surface area contributed by atoms with Gasteiger partial charge < -0.3 is 5.11 Å². The van der Waals surface area contributed by atoms with Crippen molar-refractivity contribution in [2.45, 2.75) is 0 Å². The van der Waals surface area contributed by atoms with Crippen LogP contribution in [0.3, 0.4) is 0 Å². The van der Waals surface area contributed by atoms with Gasteiger partial charge in [0.1, 0.15) is 5.75 Å². The van der Waals surface area contributed by atoms with Gasteiger partial charge in [-0.1, -0.05) is 78.9 Å². The Kier molecular flexibility index (Phi) is 3.80. The SMILES string of the molecule is Oc1ccccc1P(c1ccccc1)c1ccccc1. The van der Waals surface area contributed by atoms with Gasteiger partial charge in [0, 0.05) is 5.30 Å². The van der Waals surface area contributed by atoms with E-state index in [0.29, 0.717) is 5.75 Å². The predicted molar refractivity (Wildman–Crippen MR) is 86.8 cm³/mol. The van der Waals surface area contributed by atoms with Gasteiger partial charge in [0.05, 0.1) is 0 Å². The Morgan fingerprint density at radius 3 is 1.50 bits per heavy atom. The van der Waals surface area contributed by atoms with Crippen LogP contribution in [0.4, 0.5) is 0 Å². The smallest absolute Gasteiger partial charge is 0.123 e. The zero-order chi connectivity index (χ0) is 13.8. The van der Waals surface area contributed by atoms with E-state index >= 15 is 0 Å². The van der Waals surface area contributed by atoms with Crippen molar-refractivity contribution in [3.8, 4) is 5.75 Å². The van der Waals surface area contributed by atoms with Gasteiger partial charge in [-0.25, -0.2) is 0 Å². The summed E-state index contributed by atoms with van der Waals surface area (Å²) in [7, 11) is -0.717. The second-order valence-electron chi connectivity index (χ2n) is 4.50. The number of rotatable bonds is 3. The van der Waals surface area contributed by atoms with Crippen LogP contribution in [0.15, 0.2) is 84.9 Å². The molecule has 3 aromatic rings. The molecule has 0 heterocycles. The van der Waals surface area contributed by atoms with Crippen molar-refractivity contribution >= 4 is 23.8 Å². The summed E-state index contributed by atoms with van der Waals surface area (Å²) in [5, 5.41) is 13.7. The van der Waals surface area contributed by atoms with Crippen LogP contribution in [-0.4, -0.2) is 5.11 Å². The number of hydrogen-bond donors (Lipinski definition) is 1. The molecule has 0 atom stereocenters. The lowest BCUT2D eigenvalue weighted by Crippen LogP contribution is -2.20. The first-order chi connectivity index (χ1) is 9.86. The molecular weight excluding hydrogens is 263 g/mol. The molecule has 0 spiro atoms. The van der Waals surface area contributed by atoms with Crippen LogP contribution in [0.25, 0.3) is 0 Å². The topological polar surface area (TPSA) is 20.2 Å². The largest absolute Gasteiger partial charge is 0.507 e. The molecule has 0 aromatic heterocycles. The third kappa shape index (κ3) is 2.59. The van der Waals surface area contributed by atoms with Crippen LogP contribution in [-0.2, 0) is 0 Å². The molecular formula is C18H15OP. The standard InChI is InChI=1S/C18H15OP/c19-17-13-7-8-14-18(17)20(15-9-3-1-4-10-15)16-11-5-2-6-12-16/h1-14,19H. The summed E-state index contributed by atoms with van der Waals surface area (Å²) >= 11 is 0. The molecule has 0 saturated carbocycles. The van der Waals surface area contributed by atoms with E-state index in [9.17, 15) is 5.11 Å². The normalized spacial score (nSPS) is 10.7. The summed E-state index contributed by atoms with van der Waals surface area (Å²) in [5.74, 6) is 0.367. The number of benzene rings is 3. The maximum absolute atomic E-state index is 10.2. The van der Waals surface area contributed by atoms with Crippen molar-refractivity contribution in [3.05, 3.63) is 84.9 Å². The summed E-state index contributed by atoms with van der Waals surface area (Å²) in [5.41, 5.74) is 0. The number of aromatic hydroxyl groups is 1. The van der Waals surface area contributed by atoms with Crippen molar-refractivity contribution in [1.29, 1.82) is 0 Å². The predicted octanol–water partition coefficient (Wildman–Crippen LogP) is 3.15. The lowest BCUT2D eigenvalue weighted by molar-refractivity contribution is 0.480. The quantitative estimate of drug-likeness (QED) is 0.730. The minimum absolute atomic E-state index is 0.367. The molecule has 0 bridgehead atoms. The summed E-state index contributed by atoms with van der Waals surface area (Å²) in [4.78, 5) is 0. The number of para-hydroxylation sites is 1. The average molecular weight is 278 g/mol. The first-order valence-electron chi connectivity index (χ1n) is 6.54. The lowest BCUT2D eigenvalue weighted by Gasteiger charge is -2.20. The maximum Gasteiger partial charge on any atom is 0.123 e. The van der Waals surface area contributed by atoms with E-state index in [1.807, 2.05) is 54.6 Å². The van der Waals surface area contributed by atoms with Gasteiger partial charge in [-0.3, -0.25) is 0 Å². The lowest BCUT2D eigenvalue weighted by atomic mass is 10.3. The molecule has 0 saturated heterocycles. The van der Waals surface area contributed by atoms with Crippen molar-refractivity contribution < 1.29 is 5.11 Å². The van der Waals surface area contributed by atoms with Crippen LogP contribution in [0, 0.1) is 0 Å². The Labute approximate surface area is 120 Å². The first-order valence-corrected chi connectivity index (χ1v) is 7.88. The molecule has 0 radical (unpaired) electrons. The Hall–Kier alpha value is -2.11. The molecule has 1 nitrogen and oxygen atoms in total. The van der Waals surface area contributed by atoms with Crippen LogP contribution in [0.2, 0.25) is 0 Å². The van der Waals surface area contributed by atoms with Gasteiger partial charge in [-0.15, -0.1) is 0 Å². The van der Waals surface area contributed by atoms with Gasteiger partial charge in [-0.05, 0) is 24.6 Å². The van der Waals surface area contributed by atoms with E-state index in [1.165, 1.54) is 10.6 Å². The molecule has 0 amide bonds. The summed E-state index contributed by atoms with van der Waals surface area (Å²) in [6.45, 7) is 0. The second-order valence-corrected chi connectivity index (χ2v) is 6.68. The zero-order valence-corrected chi connectivity index (χ0v) is 11.9. The van der Waals surface area contributed by atoms with Crippen molar-refractivity contribution in [2.24, 2.45) is 0 Å². The Morgan fingerprint density at radius 2 is 1.00 bits per heavy atom. The molecule has 1 N–H and O–H groups in total. The summed E-state index contributed by atoms with van der Waals surface area (Å²) < 4.78 is 0. The molecule has 3 rings (SSSR count). The van der Waals surface area contributed by atoms with E-state index in [0.717, 1.165) is 5.30 Å². The number of phenols is 1. The third-order valence-electron chi connectivity index (χ3n) is 3.15. The zero-order valence-electron chi connectivity index (χ0n) is 11.0. The van der Waals surface area contributed by atoms with Crippen LogP contribution in [0.1, 0.15) is 0 Å². The fourth-order valence-electron chi connectivity index (χ4n) is 2.23. The van der Waals surface area contributed by atoms with Gasteiger partial charge in [0.2, 0.25) is 0 Å². The van der Waals surface area contributed by atoms with E-state index in [2.05, 4.69) is 24.3 Å². The second kappa shape index (κ2) is 5.90. The van der Waals surface area contributed by atoms with Crippen molar-refractivity contribution in [1.82, 2.24) is 0 Å². The monoisotopic (exact) mass is 278 g/mol. The highest BCUT2D eigenvalue weighted by Gasteiger charge is 2.18. The molecule has 20 heavy (non-hydrogen) atoms. The molecule has 3 aromatic carbocycles. The molecule has 2 heteroatoms. The van der Waals surface area contributed by atoms with E-state index in [-0.39, 0.29) is 0 Å². The van der Waals surface area contributed by atoms with Crippen LogP contribution < -0.4 is 15.9 Å². The summed E-state index contributed by atoms with van der Waals surface area (Å²) in [6.07, 6.45) is 0. The molecule has 98 valence electrons. The summed E-state index contributed by atoms with van der Waals surface area (Å²) in [6, 6.07) is 28.4. The molecule has 0 fully saturated rings. The minimum atomic E-state index is -0.717. The number of phenolic OH excluding ortho intramolecular Hbond substituents is 1. The highest BCUT2D eigenvalue weighted by Crippen LogP contribution is 2.35. The van der Waals surface area contributed by atoms with Crippen LogP contribution >= 0.6 is 7.92 Å². The van der Waals surface area contributed by atoms with Crippen molar-refractivity contribution in [2.75, 3.05) is 0 Å².